The van der Waals surface area contributed by atoms with E-state index < -0.39 is 0 Å². The summed E-state index contributed by atoms with van der Waals surface area (Å²) in [5.41, 5.74) is 6.91. The smallest absolute Gasteiger partial charge is 0.319 e. The number of aromatic nitrogens is 2. The Balaban J connectivity index is 1.91. The molecule has 0 bridgehead atoms. The van der Waals surface area contributed by atoms with E-state index in [-0.39, 0.29) is 12.1 Å². The monoisotopic (exact) mass is 245 g/mol. The molecule has 94 valence electrons. The molecule has 2 aromatic rings. The van der Waals surface area contributed by atoms with Gasteiger partial charge in [-0.3, -0.25) is 0 Å². The minimum absolute atomic E-state index is 0.186. The van der Waals surface area contributed by atoms with Gasteiger partial charge in [0.1, 0.15) is 5.82 Å². The highest BCUT2D eigenvalue weighted by atomic mass is 16.2. The molecule has 5 N–H and O–H groups in total. The fraction of sp³-hybridized carbons (Fsp3) is 0.167. The van der Waals surface area contributed by atoms with Crippen molar-refractivity contribution in [1.82, 2.24) is 15.3 Å². The summed E-state index contributed by atoms with van der Waals surface area (Å²) in [7, 11) is 0. The Morgan fingerprint density at radius 1 is 1.39 bits per heavy atom. The summed E-state index contributed by atoms with van der Waals surface area (Å²) >= 11 is 0. The highest BCUT2D eigenvalue weighted by molar-refractivity contribution is 5.89. The maximum atomic E-state index is 11.7. The van der Waals surface area contributed by atoms with Gasteiger partial charge in [0.05, 0.1) is 6.04 Å². The zero-order chi connectivity index (χ0) is 13.0. The number of aromatic amines is 1. The number of nitrogen functional groups attached to an aromatic ring is 1. The zero-order valence-electron chi connectivity index (χ0n) is 9.97. The minimum atomic E-state index is -0.288. The number of carbonyl (C=O) groups is 1. The van der Waals surface area contributed by atoms with Gasteiger partial charge < -0.3 is 21.4 Å². The number of rotatable bonds is 3. The zero-order valence-corrected chi connectivity index (χ0v) is 9.97. The van der Waals surface area contributed by atoms with Crippen molar-refractivity contribution < 1.29 is 4.79 Å². The topological polar surface area (TPSA) is 95.8 Å². The van der Waals surface area contributed by atoms with E-state index >= 15 is 0 Å². The summed E-state index contributed by atoms with van der Waals surface area (Å²) in [4.78, 5) is 18.7. The number of amides is 2. The van der Waals surface area contributed by atoms with Crippen LogP contribution in [-0.4, -0.2) is 16.0 Å². The van der Waals surface area contributed by atoms with Crippen LogP contribution >= 0.6 is 0 Å². The molecule has 1 aromatic carbocycles. The number of nitrogens with two attached hydrogens (primary N) is 1. The van der Waals surface area contributed by atoms with Gasteiger partial charge in [0.2, 0.25) is 0 Å². The number of nitrogens with zero attached hydrogens (tertiary/aromatic N) is 1. The van der Waals surface area contributed by atoms with Crippen LogP contribution in [0.5, 0.6) is 0 Å². The molecule has 1 unspecified atom stereocenters. The number of anilines is 2. The third kappa shape index (κ3) is 3.00. The first-order valence-electron chi connectivity index (χ1n) is 5.57. The number of hydrogen-bond donors (Lipinski definition) is 4. The first-order valence-corrected chi connectivity index (χ1v) is 5.57. The van der Waals surface area contributed by atoms with Crippen LogP contribution in [0, 0.1) is 0 Å². The van der Waals surface area contributed by atoms with E-state index in [1.807, 2.05) is 6.92 Å². The SMILES string of the molecule is CC(NC(=O)Nc1ccc(N)cc1)c1ncc[nH]1. The van der Waals surface area contributed by atoms with Gasteiger partial charge in [-0.25, -0.2) is 9.78 Å². The quantitative estimate of drug-likeness (QED) is 0.621. The van der Waals surface area contributed by atoms with Gasteiger partial charge >= 0.3 is 6.03 Å². The second kappa shape index (κ2) is 5.22. The minimum Gasteiger partial charge on any atom is -0.399 e. The van der Waals surface area contributed by atoms with Crippen molar-refractivity contribution >= 4 is 17.4 Å². The lowest BCUT2D eigenvalue weighted by atomic mass is 10.3. The average Bonchev–Trinajstić information content (AvgIpc) is 2.85. The highest BCUT2D eigenvalue weighted by Gasteiger charge is 2.10. The fourth-order valence-corrected chi connectivity index (χ4v) is 1.51. The number of carbonyl (C=O) groups excluding carboxylic acids is 1. The van der Waals surface area contributed by atoms with Crippen LogP contribution in [0.3, 0.4) is 0 Å². The van der Waals surface area contributed by atoms with Crippen molar-refractivity contribution in [3.63, 3.8) is 0 Å². The fourth-order valence-electron chi connectivity index (χ4n) is 1.51. The molecule has 0 fully saturated rings. The normalized spacial score (nSPS) is 11.8. The molecule has 2 amide bonds. The molecule has 0 saturated heterocycles. The molecule has 1 atom stereocenters. The summed E-state index contributed by atoms with van der Waals surface area (Å²) in [6, 6.07) is 6.47. The molecule has 2 rings (SSSR count). The molecule has 6 heteroatoms. The van der Waals surface area contributed by atoms with E-state index in [1.165, 1.54) is 0 Å². The molecule has 0 aliphatic carbocycles. The van der Waals surface area contributed by atoms with Crippen molar-refractivity contribution in [1.29, 1.82) is 0 Å². The van der Waals surface area contributed by atoms with Crippen molar-refractivity contribution in [3.8, 4) is 0 Å². The highest BCUT2D eigenvalue weighted by Crippen LogP contribution is 2.11. The van der Waals surface area contributed by atoms with Crippen LogP contribution in [0.2, 0.25) is 0 Å². The van der Waals surface area contributed by atoms with E-state index in [2.05, 4.69) is 20.6 Å². The Hall–Kier alpha value is -2.50. The van der Waals surface area contributed by atoms with Crippen molar-refractivity contribution in [2.75, 3.05) is 11.1 Å². The van der Waals surface area contributed by atoms with E-state index in [0.717, 1.165) is 0 Å². The van der Waals surface area contributed by atoms with Crippen LogP contribution in [0.15, 0.2) is 36.7 Å². The molecule has 1 aromatic heterocycles. The summed E-state index contributed by atoms with van der Waals surface area (Å²) in [6.07, 6.45) is 3.36. The van der Waals surface area contributed by atoms with Crippen molar-refractivity contribution in [3.05, 3.63) is 42.5 Å². The van der Waals surface area contributed by atoms with E-state index in [4.69, 9.17) is 5.73 Å². The second-order valence-electron chi connectivity index (χ2n) is 3.92. The Morgan fingerprint density at radius 3 is 2.72 bits per heavy atom. The Morgan fingerprint density at radius 2 is 2.11 bits per heavy atom. The molecule has 0 radical (unpaired) electrons. The van der Waals surface area contributed by atoms with Gasteiger partial charge in [0, 0.05) is 23.8 Å². The standard InChI is InChI=1S/C12H15N5O/c1-8(11-14-6-7-15-11)16-12(18)17-10-4-2-9(13)3-5-10/h2-8H,13H2,1H3,(H,14,15)(H2,16,17,18). The molecular formula is C12H15N5O. The molecule has 18 heavy (non-hydrogen) atoms. The molecule has 6 nitrogen and oxygen atoms in total. The molecule has 0 aliphatic heterocycles. The van der Waals surface area contributed by atoms with Crippen molar-refractivity contribution in [2.24, 2.45) is 0 Å². The Bertz CT molecular complexity index is 506. The number of nitrogens with one attached hydrogen (secondary N) is 3. The largest absolute Gasteiger partial charge is 0.399 e. The van der Waals surface area contributed by atoms with Crippen molar-refractivity contribution in [2.45, 2.75) is 13.0 Å². The van der Waals surface area contributed by atoms with E-state index in [9.17, 15) is 4.79 Å². The predicted octanol–water partition coefficient (Wildman–Crippen LogP) is 1.87. The van der Waals surface area contributed by atoms with E-state index in [0.29, 0.717) is 17.2 Å². The van der Waals surface area contributed by atoms with Crippen LogP contribution < -0.4 is 16.4 Å². The third-order valence-corrected chi connectivity index (χ3v) is 2.45. The van der Waals surface area contributed by atoms with Gasteiger partial charge in [0.15, 0.2) is 0 Å². The van der Waals surface area contributed by atoms with Crippen LogP contribution in [0.1, 0.15) is 18.8 Å². The van der Waals surface area contributed by atoms with Gasteiger partial charge in [-0.2, -0.15) is 0 Å². The third-order valence-electron chi connectivity index (χ3n) is 2.45. The number of hydrogen-bond acceptors (Lipinski definition) is 3. The van der Waals surface area contributed by atoms with Crippen LogP contribution in [-0.2, 0) is 0 Å². The number of urea groups is 1. The lowest BCUT2D eigenvalue weighted by Crippen LogP contribution is -2.31. The summed E-state index contributed by atoms with van der Waals surface area (Å²) in [5, 5.41) is 5.49. The number of benzene rings is 1. The average molecular weight is 245 g/mol. The Labute approximate surface area is 105 Å². The molecule has 0 spiro atoms. The molecule has 1 heterocycles. The van der Waals surface area contributed by atoms with Crippen LogP contribution in [0.4, 0.5) is 16.2 Å². The van der Waals surface area contributed by atoms with Crippen LogP contribution in [0.25, 0.3) is 0 Å². The van der Waals surface area contributed by atoms with Gasteiger partial charge in [0.25, 0.3) is 0 Å². The summed E-state index contributed by atoms with van der Waals surface area (Å²) < 4.78 is 0. The molecule has 0 saturated carbocycles. The van der Waals surface area contributed by atoms with Gasteiger partial charge in [-0.15, -0.1) is 0 Å². The number of H-pyrrole nitrogens is 1. The lowest BCUT2D eigenvalue weighted by Gasteiger charge is -2.12. The van der Waals surface area contributed by atoms with E-state index in [1.54, 1.807) is 36.7 Å². The lowest BCUT2D eigenvalue weighted by molar-refractivity contribution is 0.249. The Kier molecular flexibility index (Phi) is 3.47. The predicted molar refractivity (Wildman–Crippen MR) is 70.0 cm³/mol. The second-order valence-corrected chi connectivity index (χ2v) is 3.92. The maximum absolute atomic E-state index is 11.7. The summed E-state index contributed by atoms with van der Waals surface area (Å²) in [5.74, 6) is 0.711. The molecule has 0 aliphatic rings. The first-order chi connectivity index (χ1) is 8.65. The van der Waals surface area contributed by atoms with Gasteiger partial charge in [-0.1, -0.05) is 0 Å². The maximum Gasteiger partial charge on any atom is 0.319 e. The molecular weight excluding hydrogens is 230 g/mol. The van der Waals surface area contributed by atoms with Gasteiger partial charge in [-0.05, 0) is 31.2 Å². The summed E-state index contributed by atoms with van der Waals surface area (Å²) in [6.45, 7) is 1.85. The number of imidazole rings is 1. The first kappa shape index (κ1) is 12.0.